The topological polar surface area (TPSA) is 0 Å². The van der Waals surface area contributed by atoms with Crippen LogP contribution in [0.25, 0.3) is 6.08 Å². The molecule has 2 aromatic rings. The molecule has 2 rings (SSSR count). The summed E-state index contributed by atoms with van der Waals surface area (Å²) < 4.78 is 26.7. The number of unbranched alkanes of at least 4 members (excludes halogenated alkanes) is 1. The van der Waals surface area contributed by atoms with Gasteiger partial charge in [0.25, 0.3) is 0 Å². The minimum absolute atomic E-state index is 0.310. The quantitative estimate of drug-likeness (QED) is 0.681. The number of hydrogen-bond acceptors (Lipinski definition) is 0. The van der Waals surface area contributed by atoms with Crippen LogP contribution in [0.5, 0.6) is 0 Å². The molecule has 106 valence electrons. The van der Waals surface area contributed by atoms with Gasteiger partial charge in [-0.25, -0.2) is 8.78 Å². The van der Waals surface area contributed by atoms with Crippen LogP contribution in [-0.4, -0.2) is 0 Å². The van der Waals surface area contributed by atoms with E-state index in [2.05, 4.69) is 18.8 Å². The van der Waals surface area contributed by atoms with Crippen LogP contribution in [0.1, 0.15) is 36.5 Å². The molecular weight excluding hydrogens is 266 g/mol. The summed E-state index contributed by atoms with van der Waals surface area (Å²) in [6, 6.07) is 10.8. The summed E-state index contributed by atoms with van der Waals surface area (Å²) in [5, 5.41) is 0. The highest BCUT2D eigenvalue weighted by Gasteiger charge is 1.99. The van der Waals surface area contributed by atoms with Crippen molar-refractivity contribution in [2.45, 2.75) is 19.8 Å². The van der Waals surface area contributed by atoms with E-state index in [0.29, 0.717) is 11.1 Å². The first-order valence-corrected chi connectivity index (χ1v) is 6.92. The van der Waals surface area contributed by atoms with E-state index in [0.717, 1.165) is 18.4 Å². The molecule has 0 aliphatic rings. The SMILES string of the molecule is CCC/C=C/c1ccc(C#Cc2ccc(F)cc2)c(F)c1. The molecule has 0 nitrogen and oxygen atoms in total. The fourth-order valence-corrected chi connectivity index (χ4v) is 1.80. The molecule has 0 aromatic heterocycles. The first-order chi connectivity index (χ1) is 10.2. The predicted octanol–water partition coefficient (Wildman–Crippen LogP) is 5.18. The molecule has 0 saturated carbocycles. The smallest absolute Gasteiger partial charge is 0.139 e. The Labute approximate surface area is 124 Å². The van der Waals surface area contributed by atoms with Crippen molar-refractivity contribution in [3.05, 3.63) is 76.9 Å². The van der Waals surface area contributed by atoms with Gasteiger partial charge in [0, 0.05) is 5.56 Å². The Morgan fingerprint density at radius 1 is 1.00 bits per heavy atom. The van der Waals surface area contributed by atoms with Crippen LogP contribution in [0.3, 0.4) is 0 Å². The van der Waals surface area contributed by atoms with E-state index in [1.54, 1.807) is 18.2 Å². The van der Waals surface area contributed by atoms with E-state index < -0.39 is 0 Å². The lowest BCUT2D eigenvalue weighted by Gasteiger charge is -1.97. The molecule has 0 unspecified atom stereocenters. The zero-order valence-electron chi connectivity index (χ0n) is 11.9. The molecule has 0 aliphatic carbocycles. The van der Waals surface area contributed by atoms with Crippen molar-refractivity contribution in [2.75, 3.05) is 0 Å². The van der Waals surface area contributed by atoms with Gasteiger partial charge in [-0.3, -0.25) is 0 Å². The zero-order valence-corrected chi connectivity index (χ0v) is 11.9. The van der Waals surface area contributed by atoms with E-state index in [9.17, 15) is 8.78 Å². The minimum atomic E-state index is -0.344. The largest absolute Gasteiger partial charge is 0.207 e. The summed E-state index contributed by atoms with van der Waals surface area (Å²) in [6.45, 7) is 2.10. The number of benzene rings is 2. The van der Waals surface area contributed by atoms with Gasteiger partial charge in [0.2, 0.25) is 0 Å². The highest BCUT2D eigenvalue weighted by molar-refractivity contribution is 5.53. The molecule has 0 saturated heterocycles. The van der Waals surface area contributed by atoms with E-state index in [1.165, 1.54) is 18.2 Å². The Bertz CT molecular complexity index is 686. The third-order valence-electron chi connectivity index (χ3n) is 2.94. The number of rotatable bonds is 3. The molecule has 0 atom stereocenters. The van der Waals surface area contributed by atoms with E-state index in [1.807, 2.05) is 18.2 Å². The Kier molecular flexibility index (Phi) is 5.29. The lowest BCUT2D eigenvalue weighted by Crippen LogP contribution is -1.85. The first-order valence-electron chi connectivity index (χ1n) is 6.92. The van der Waals surface area contributed by atoms with Crippen molar-refractivity contribution >= 4 is 6.08 Å². The fourth-order valence-electron chi connectivity index (χ4n) is 1.80. The molecule has 21 heavy (non-hydrogen) atoms. The summed E-state index contributed by atoms with van der Waals surface area (Å²) in [4.78, 5) is 0. The normalized spacial score (nSPS) is 10.4. The maximum atomic E-state index is 13.9. The van der Waals surface area contributed by atoms with Gasteiger partial charge in [0.1, 0.15) is 11.6 Å². The molecule has 2 heteroatoms. The van der Waals surface area contributed by atoms with Gasteiger partial charge in [-0.15, -0.1) is 0 Å². The molecular formula is C19H16F2. The molecule has 0 aliphatic heterocycles. The summed E-state index contributed by atoms with van der Waals surface area (Å²) in [6.07, 6.45) is 5.98. The lowest BCUT2D eigenvalue weighted by molar-refractivity contribution is 0.624. The lowest BCUT2D eigenvalue weighted by atomic mass is 10.1. The van der Waals surface area contributed by atoms with Crippen LogP contribution in [0.15, 0.2) is 48.5 Å². The molecule has 0 N–H and O–H groups in total. The molecule has 0 heterocycles. The molecule has 0 spiro atoms. The van der Waals surface area contributed by atoms with Crippen LogP contribution in [0, 0.1) is 23.5 Å². The second-order valence-electron chi connectivity index (χ2n) is 4.69. The van der Waals surface area contributed by atoms with Crippen LogP contribution in [-0.2, 0) is 0 Å². The summed E-state index contributed by atoms with van der Waals surface area (Å²) in [5.74, 6) is 4.94. The highest BCUT2D eigenvalue weighted by atomic mass is 19.1. The van der Waals surface area contributed by atoms with Crippen molar-refractivity contribution < 1.29 is 8.78 Å². The van der Waals surface area contributed by atoms with Crippen LogP contribution in [0.4, 0.5) is 8.78 Å². The van der Waals surface area contributed by atoms with Crippen LogP contribution in [0.2, 0.25) is 0 Å². The first kappa shape index (κ1) is 15.0. The summed E-state index contributed by atoms with van der Waals surface area (Å²) in [7, 11) is 0. The van der Waals surface area contributed by atoms with Crippen LogP contribution >= 0.6 is 0 Å². The van der Waals surface area contributed by atoms with Gasteiger partial charge >= 0.3 is 0 Å². The van der Waals surface area contributed by atoms with Gasteiger partial charge in [-0.2, -0.15) is 0 Å². The monoisotopic (exact) mass is 282 g/mol. The third kappa shape index (κ3) is 4.57. The Morgan fingerprint density at radius 2 is 1.76 bits per heavy atom. The Morgan fingerprint density at radius 3 is 2.43 bits per heavy atom. The second kappa shape index (κ2) is 7.40. The average molecular weight is 282 g/mol. The minimum Gasteiger partial charge on any atom is -0.207 e. The second-order valence-corrected chi connectivity index (χ2v) is 4.69. The maximum Gasteiger partial charge on any atom is 0.139 e. The van der Waals surface area contributed by atoms with Crippen molar-refractivity contribution in [1.29, 1.82) is 0 Å². The van der Waals surface area contributed by atoms with Crippen molar-refractivity contribution in [1.82, 2.24) is 0 Å². The Balaban J connectivity index is 2.16. The Hall–Kier alpha value is -2.40. The van der Waals surface area contributed by atoms with E-state index >= 15 is 0 Å². The standard InChI is InChI=1S/C19H16F2/c1-2-3-4-5-16-7-11-17(19(21)14-16)10-6-15-8-12-18(20)13-9-15/h4-5,7-9,11-14H,2-3H2,1H3/b5-4+. The van der Waals surface area contributed by atoms with Gasteiger partial charge in [0.15, 0.2) is 0 Å². The molecule has 0 bridgehead atoms. The number of allylic oxidation sites excluding steroid dienone is 1. The molecule has 0 amide bonds. The van der Waals surface area contributed by atoms with Gasteiger partial charge in [-0.1, -0.05) is 43.4 Å². The summed E-state index contributed by atoms with van der Waals surface area (Å²) in [5.41, 5.74) is 1.82. The van der Waals surface area contributed by atoms with E-state index in [-0.39, 0.29) is 11.6 Å². The van der Waals surface area contributed by atoms with Gasteiger partial charge < -0.3 is 0 Å². The summed E-state index contributed by atoms with van der Waals surface area (Å²) >= 11 is 0. The molecule has 0 fully saturated rings. The zero-order chi connectivity index (χ0) is 15.1. The molecule has 2 aromatic carbocycles. The molecule has 0 radical (unpaired) electrons. The van der Waals surface area contributed by atoms with Crippen molar-refractivity contribution in [2.24, 2.45) is 0 Å². The average Bonchev–Trinajstić information content (AvgIpc) is 2.48. The van der Waals surface area contributed by atoms with Crippen molar-refractivity contribution in [3.63, 3.8) is 0 Å². The number of halogens is 2. The van der Waals surface area contributed by atoms with Crippen LogP contribution < -0.4 is 0 Å². The maximum absolute atomic E-state index is 13.9. The predicted molar refractivity (Wildman–Crippen MR) is 82.7 cm³/mol. The van der Waals surface area contributed by atoms with Crippen molar-refractivity contribution in [3.8, 4) is 11.8 Å². The van der Waals surface area contributed by atoms with Gasteiger partial charge in [0.05, 0.1) is 5.56 Å². The van der Waals surface area contributed by atoms with E-state index in [4.69, 9.17) is 0 Å². The highest BCUT2D eigenvalue weighted by Crippen LogP contribution is 2.12. The van der Waals surface area contributed by atoms with Gasteiger partial charge in [-0.05, 0) is 48.4 Å². The number of hydrogen-bond donors (Lipinski definition) is 0. The third-order valence-corrected chi connectivity index (χ3v) is 2.94. The fraction of sp³-hybridized carbons (Fsp3) is 0.158.